The zero-order valence-corrected chi connectivity index (χ0v) is 10.9. The lowest BCUT2D eigenvalue weighted by Crippen LogP contribution is -2.06. The molecule has 1 rings (SSSR count). The van der Waals surface area contributed by atoms with E-state index in [1.807, 2.05) is 6.07 Å². The molecule has 0 amide bonds. The lowest BCUT2D eigenvalue weighted by molar-refractivity contribution is 0.0972. The van der Waals surface area contributed by atoms with Gasteiger partial charge >= 0.3 is 0 Å². The van der Waals surface area contributed by atoms with Crippen molar-refractivity contribution < 1.29 is 4.74 Å². The quantitative estimate of drug-likeness (QED) is 0.601. The van der Waals surface area contributed by atoms with E-state index in [1.165, 1.54) is 0 Å². The first-order valence-corrected chi connectivity index (χ1v) is 6.12. The van der Waals surface area contributed by atoms with Crippen LogP contribution in [-0.4, -0.2) is 11.9 Å². The SMILES string of the molecule is C#CCOC(CBr)c1ccc(Cl)cc1Cl. The van der Waals surface area contributed by atoms with Crippen LogP contribution in [0.4, 0.5) is 0 Å². The molecule has 0 bridgehead atoms. The summed E-state index contributed by atoms with van der Waals surface area (Å²) in [6.45, 7) is 0.259. The molecule has 0 aliphatic rings. The Hall–Kier alpha value is -0.200. The molecule has 0 aliphatic carbocycles. The fraction of sp³-hybridized carbons (Fsp3) is 0.273. The fourth-order valence-electron chi connectivity index (χ4n) is 1.13. The molecule has 0 aromatic heterocycles. The third-order valence-electron chi connectivity index (χ3n) is 1.82. The van der Waals surface area contributed by atoms with Crippen molar-refractivity contribution in [3.63, 3.8) is 0 Å². The van der Waals surface area contributed by atoms with Crippen molar-refractivity contribution in [2.75, 3.05) is 11.9 Å². The molecular formula is C11H9BrCl2O. The second-order valence-corrected chi connectivity index (χ2v) is 4.32. The normalized spacial score (nSPS) is 12.1. The number of halogens is 3. The van der Waals surface area contributed by atoms with Gasteiger partial charge in [0, 0.05) is 20.9 Å². The number of benzene rings is 1. The molecule has 0 radical (unpaired) electrons. The highest BCUT2D eigenvalue weighted by Gasteiger charge is 2.13. The number of hydrogen-bond acceptors (Lipinski definition) is 1. The Morgan fingerprint density at radius 2 is 2.20 bits per heavy atom. The molecule has 0 aliphatic heterocycles. The van der Waals surface area contributed by atoms with Gasteiger partial charge in [-0.2, -0.15) is 0 Å². The average Bonchev–Trinajstić information content (AvgIpc) is 2.21. The van der Waals surface area contributed by atoms with Crippen LogP contribution in [0, 0.1) is 12.3 Å². The molecule has 1 aromatic carbocycles. The second-order valence-electron chi connectivity index (χ2n) is 2.82. The van der Waals surface area contributed by atoms with Crippen molar-refractivity contribution in [2.45, 2.75) is 6.10 Å². The predicted octanol–water partition coefficient (Wildman–Crippen LogP) is 4.08. The first-order valence-electron chi connectivity index (χ1n) is 4.25. The van der Waals surface area contributed by atoms with Gasteiger partial charge in [-0.1, -0.05) is 51.1 Å². The summed E-state index contributed by atoms with van der Waals surface area (Å²) in [5.74, 6) is 2.42. The van der Waals surface area contributed by atoms with Crippen molar-refractivity contribution in [1.82, 2.24) is 0 Å². The van der Waals surface area contributed by atoms with E-state index in [0.717, 1.165) is 5.56 Å². The largest absolute Gasteiger partial charge is 0.360 e. The van der Waals surface area contributed by atoms with Crippen LogP contribution in [0.25, 0.3) is 0 Å². The standard InChI is InChI=1S/C11H9BrCl2O/c1-2-5-15-11(7-12)9-4-3-8(13)6-10(9)14/h1,3-4,6,11H,5,7H2. The molecule has 80 valence electrons. The molecule has 1 unspecified atom stereocenters. The lowest BCUT2D eigenvalue weighted by Gasteiger charge is -2.15. The third kappa shape index (κ3) is 3.70. The Labute approximate surface area is 108 Å². The monoisotopic (exact) mass is 306 g/mol. The summed E-state index contributed by atoms with van der Waals surface area (Å²) in [7, 11) is 0. The first kappa shape index (κ1) is 12.9. The van der Waals surface area contributed by atoms with E-state index in [4.69, 9.17) is 34.4 Å². The topological polar surface area (TPSA) is 9.23 Å². The van der Waals surface area contributed by atoms with E-state index in [0.29, 0.717) is 15.4 Å². The van der Waals surface area contributed by atoms with Gasteiger partial charge in [0.2, 0.25) is 0 Å². The zero-order valence-electron chi connectivity index (χ0n) is 7.84. The predicted molar refractivity (Wildman–Crippen MR) is 67.8 cm³/mol. The number of alkyl halides is 1. The summed E-state index contributed by atoms with van der Waals surface area (Å²) < 4.78 is 5.44. The minimum Gasteiger partial charge on any atom is -0.360 e. The molecule has 15 heavy (non-hydrogen) atoms. The summed E-state index contributed by atoms with van der Waals surface area (Å²) in [6, 6.07) is 5.30. The van der Waals surface area contributed by atoms with E-state index in [2.05, 4.69) is 21.9 Å². The van der Waals surface area contributed by atoms with Gasteiger partial charge in [-0.3, -0.25) is 0 Å². The van der Waals surface area contributed by atoms with Crippen LogP contribution in [0.1, 0.15) is 11.7 Å². The highest BCUT2D eigenvalue weighted by molar-refractivity contribution is 9.09. The number of ether oxygens (including phenoxy) is 1. The smallest absolute Gasteiger partial charge is 0.108 e. The first-order chi connectivity index (χ1) is 7.19. The molecule has 0 spiro atoms. The van der Waals surface area contributed by atoms with Gasteiger partial charge in [0.25, 0.3) is 0 Å². The van der Waals surface area contributed by atoms with Crippen LogP contribution in [0.2, 0.25) is 10.0 Å². The molecule has 0 saturated carbocycles. The van der Waals surface area contributed by atoms with E-state index in [-0.39, 0.29) is 12.7 Å². The molecule has 0 heterocycles. The van der Waals surface area contributed by atoms with E-state index < -0.39 is 0 Å². The molecule has 4 heteroatoms. The van der Waals surface area contributed by atoms with Gasteiger partial charge < -0.3 is 4.74 Å². The molecule has 1 aromatic rings. The second kappa shape index (κ2) is 6.40. The minimum absolute atomic E-state index is 0.147. The number of rotatable bonds is 4. The van der Waals surface area contributed by atoms with Crippen molar-refractivity contribution >= 4 is 39.1 Å². The molecule has 1 nitrogen and oxygen atoms in total. The summed E-state index contributed by atoms with van der Waals surface area (Å²) in [4.78, 5) is 0. The number of terminal acetylenes is 1. The van der Waals surface area contributed by atoms with E-state index in [1.54, 1.807) is 12.1 Å². The maximum atomic E-state index is 6.05. The van der Waals surface area contributed by atoms with Crippen LogP contribution in [0.15, 0.2) is 18.2 Å². The van der Waals surface area contributed by atoms with Crippen LogP contribution in [-0.2, 0) is 4.74 Å². The van der Waals surface area contributed by atoms with Gasteiger partial charge in [-0.15, -0.1) is 6.42 Å². The van der Waals surface area contributed by atoms with Crippen LogP contribution in [0.3, 0.4) is 0 Å². The average molecular weight is 308 g/mol. The van der Waals surface area contributed by atoms with E-state index in [9.17, 15) is 0 Å². The van der Waals surface area contributed by atoms with Crippen LogP contribution < -0.4 is 0 Å². The summed E-state index contributed by atoms with van der Waals surface area (Å²) in [6.07, 6.45) is 4.98. The highest BCUT2D eigenvalue weighted by atomic mass is 79.9. The van der Waals surface area contributed by atoms with Gasteiger partial charge in [-0.25, -0.2) is 0 Å². The minimum atomic E-state index is -0.147. The van der Waals surface area contributed by atoms with Crippen molar-refractivity contribution in [1.29, 1.82) is 0 Å². The summed E-state index contributed by atoms with van der Waals surface area (Å²) >= 11 is 15.2. The van der Waals surface area contributed by atoms with Gasteiger partial charge in [0.1, 0.15) is 6.61 Å². The van der Waals surface area contributed by atoms with Crippen molar-refractivity contribution in [3.8, 4) is 12.3 Å². The molecule has 0 N–H and O–H groups in total. The van der Waals surface area contributed by atoms with Crippen LogP contribution >= 0.6 is 39.1 Å². The third-order valence-corrected chi connectivity index (χ3v) is 2.97. The summed E-state index contributed by atoms with van der Waals surface area (Å²) in [5.41, 5.74) is 0.883. The van der Waals surface area contributed by atoms with Gasteiger partial charge in [0.15, 0.2) is 0 Å². The molecule has 0 saturated heterocycles. The highest BCUT2D eigenvalue weighted by Crippen LogP contribution is 2.29. The molecular weight excluding hydrogens is 299 g/mol. The fourth-order valence-corrected chi connectivity index (χ4v) is 2.19. The van der Waals surface area contributed by atoms with Crippen molar-refractivity contribution in [2.24, 2.45) is 0 Å². The van der Waals surface area contributed by atoms with Gasteiger partial charge in [0.05, 0.1) is 6.10 Å². The summed E-state index contributed by atoms with van der Waals surface area (Å²) in [5, 5.41) is 1.83. The Kier molecular flexibility index (Phi) is 5.49. The zero-order chi connectivity index (χ0) is 11.3. The van der Waals surface area contributed by atoms with Gasteiger partial charge in [-0.05, 0) is 12.1 Å². The Morgan fingerprint density at radius 1 is 1.47 bits per heavy atom. The Morgan fingerprint density at radius 3 is 2.73 bits per heavy atom. The van der Waals surface area contributed by atoms with Crippen LogP contribution in [0.5, 0.6) is 0 Å². The Bertz CT molecular complexity index is 373. The van der Waals surface area contributed by atoms with Crippen molar-refractivity contribution in [3.05, 3.63) is 33.8 Å². The molecule has 1 atom stereocenters. The van der Waals surface area contributed by atoms with E-state index >= 15 is 0 Å². The molecule has 0 fully saturated rings. The maximum absolute atomic E-state index is 6.05. The maximum Gasteiger partial charge on any atom is 0.108 e. The Balaban J connectivity index is 2.87. The number of hydrogen-bond donors (Lipinski definition) is 0. The lowest BCUT2D eigenvalue weighted by atomic mass is 10.1.